The van der Waals surface area contributed by atoms with Crippen molar-refractivity contribution in [1.29, 1.82) is 0 Å². The molecule has 0 bridgehead atoms. The lowest BCUT2D eigenvalue weighted by molar-refractivity contribution is 0.116. The number of piperazine rings is 1. The van der Waals surface area contributed by atoms with Gasteiger partial charge in [0, 0.05) is 45.3 Å². The highest BCUT2D eigenvalue weighted by Gasteiger charge is 2.34. The van der Waals surface area contributed by atoms with E-state index in [9.17, 15) is 0 Å². The average Bonchev–Trinajstić information content (AvgIpc) is 3.01. The summed E-state index contributed by atoms with van der Waals surface area (Å²) in [6, 6.07) is 0.554. The Labute approximate surface area is 155 Å². The topological polar surface area (TPSA) is 42.9 Å². The first kappa shape index (κ1) is 20.5. The summed E-state index contributed by atoms with van der Waals surface area (Å²) in [5.74, 6) is 1.76. The lowest BCUT2D eigenvalue weighted by Gasteiger charge is -2.38. The average molecular weight is 352 g/mol. The number of nitrogens with zero attached hydrogens (tertiary/aromatic N) is 3. The molecule has 0 aromatic carbocycles. The van der Waals surface area contributed by atoms with Gasteiger partial charge in [-0.3, -0.25) is 9.89 Å². The summed E-state index contributed by atoms with van der Waals surface area (Å²) in [6.45, 7) is 13.1. The fourth-order valence-electron chi connectivity index (χ4n) is 4.54. The number of nitrogens with one attached hydrogen (secondary N) is 2. The first-order valence-electron chi connectivity index (χ1n) is 10.3. The van der Waals surface area contributed by atoms with E-state index in [1.165, 1.54) is 38.6 Å². The van der Waals surface area contributed by atoms with Crippen LogP contribution >= 0.6 is 0 Å². The lowest BCUT2D eigenvalue weighted by atomic mass is 9.78. The van der Waals surface area contributed by atoms with Gasteiger partial charge in [-0.1, -0.05) is 26.7 Å². The van der Waals surface area contributed by atoms with Crippen molar-refractivity contribution in [2.24, 2.45) is 16.3 Å². The number of hydrogen-bond acceptors (Lipinski definition) is 3. The van der Waals surface area contributed by atoms with Gasteiger partial charge < -0.3 is 15.5 Å². The van der Waals surface area contributed by atoms with E-state index in [2.05, 4.69) is 55.3 Å². The molecule has 2 N–H and O–H groups in total. The molecular formula is C20H41N5. The predicted octanol–water partition coefficient (Wildman–Crippen LogP) is 2.39. The molecule has 1 atom stereocenters. The van der Waals surface area contributed by atoms with Crippen molar-refractivity contribution in [1.82, 2.24) is 20.4 Å². The molecule has 1 saturated heterocycles. The Balaban J connectivity index is 1.92. The van der Waals surface area contributed by atoms with Gasteiger partial charge in [-0.15, -0.1) is 0 Å². The van der Waals surface area contributed by atoms with Gasteiger partial charge in [-0.25, -0.2) is 0 Å². The maximum Gasteiger partial charge on any atom is 0.191 e. The van der Waals surface area contributed by atoms with Crippen LogP contribution in [0.2, 0.25) is 0 Å². The van der Waals surface area contributed by atoms with E-state index in [-0.39, 0.29) is 0 Å². The van der Waals surface area contributed by atoms with Crippen molar-refractivity contribution in [3.8, 4) is 0 Å². The lowest BCUT2D eigenvalue weighted by Crippen LogP contribution is -2.55. The third-order valence-corrected chi connectivity index (χ3v) is 5.91. The van der Waals surface area contributed by atoms with Gasteiger partial charge in [0.15, 0.2) is 5.96 Å². The van der Waals surface area contributed by atoms with E-state index in [0.29, 0.717) is 11.5 Å². The van der Waals surface area contributed by atoms with Crippen molar-refractivity contribution in [3.05, 3.63) is 0 Å². The minimum atomic E-state index is 0.443. The molecular weight excluding hydrogens is 310 g/mol. The molecule has 0 spiro atoms. The summed E-state index contributed by atoms with van der Waals surface area (Å²) in [7, 11) is 4.45. The molecule has 0 aromatic heterocycles. The van der Waals surface area contributed by atoms with E-state index in [4.69, 9.17) is 4.99 Å². The second-order valence-corrected chi connectivity index (χ2v) is 8.78. The van der Waals surface area contributed by atoms with Crippen LogP contribution in [0, 0.1) is 11.3 Å². The summed E-state index contributed by atoms with van der Waals surface area (Å²) < 4.78 is 0. The summed E-state index contributed by atoms with van der Waals surface area (Å²) in [5, 5.41) is 7.06. The van der Waals surface area contributed by atoms with Crippen LogP contribution in [-0.4, -0.2) is 75.2 Å². The standard InChI is InChI=1S/C20H41N5/c1-6-21-19(22-14-18-15-24(4)11-12-25(18)5)23-16-20(13-17(2)3)9-7-8-10-20/h17-18H,6-16H2,1-5H3,(H2,21,22,23). The highest BCUT2D eigenvalue weighted by atomic mass is 15.3. The van der Waals surface area contributed by atoms with E-state index in [1.807, 2.05) is 0 Å². The molecule has 0 aromatic rings. The number of guanidine groups is 1. The van der Waals surface area contributed by atoms with E-state index >= 15 is 0 Å². The number of rotatable bonds is 7. The van der Waals surface area contributed by atoms with Crippen LogP contribution in [0.1, 0.15) is 52.9 Å². The smallest absolute Gasteiger partial charge is 0.191 e. The molecule has 1 aliphatic heterocycles. The Kier molecular flexibility index (Phi) is 8.01. The number of aliphatic imine (C=N–C) groups is 1. The third-order valence-electron chi connectivity index (χ3n) is 5.91. The van der Waals surface area contributed by atoms with Crippen LogP contribution in [-0.2, 0) is 0 Å². The zero-order valence-electron chi connectivity index (χ0n) is 17.3. The summed E-state index contributed by atoms with van der Waals surface area (Å²) in [6.07, 6.45) is 6.78. The maximum atomic E-state index is 5.01. The quantitative estimate of drug-likeness (QED) is 0.546. The Morgan fingerprint density at radius 2 is 1.88 bits per heavy atom. The fraction of sp³-hybridized carbons (Fsp3) is 0.950. The molecule has 0 radical (unpaired) electrons. The third kappa shape index (κ3) is 6.45. The maximum absolute atomic E-state index is 5.01. The Hall–Kier alpha value is -0.810. The molecule has 2 aliphatic rings. The molecule has 146 valence electrons. The van der Waals surface area contributed by atoms with Crippen molar-refractivity contribution in [3.63, 3.8) is 0 Å². The van der Waals surface area contributed by atoms with E-state index in [1.54, 1.807) is 0 Å². The zero-order chi connectivity index (χ0) is 18.3. The van der Waals surface area contributed by atoms with Gasteiger partial charge in [-0.2, -0.15) is 0 Å². The number of hydrogen-bond donors (Lipinski definition) is 2. The van der Waals surface area contributed by atoms with Gasteiger partial charge in [0.25, 0.3) is 0 Å². The highest BCUT2D eigenvalue weighted by molar-refractivity contribution is 5.79. The first-order valence-corrected chi connectivity index (χ1v) is 10.3. The molecule has 5 nitrogen and oxygen atoms in total. The fourth-order valence-corrected chi connectivity index (χ4v) is 4.54. The van der Waals surface area contributed by atoms with Crippen LogP contribution in [0.4, 0.5) is 0 Å². The van der Waals surface area contributed by atoms with Crippen molar-refractivity contribution in [2.45, 2.75) is 58.9 Å². The monoisotopic (exact) mass is 351 g/mol. The highest BCUT2D eigenvalue weighted by Crippen LogP contribution is 2.43. The summed E-state index contributed by atoms with van der Waals surface area (Å²) in [4.78, 5) is 9.90. The minimum Gasteiger partial charge on any atom is -0.357 e. The summed E-state index contributed by atoms with van der Waals surface area (Å²) in [5.41, 5.74) is 0.443. The number of likely N-dealkylation sites (N-methyl/N-ethyl adjacent to an activating group) is 2. The molecule has 5 heteroatoms. The van der Waals surface area contributed by atoms with Gasteiger partial charge in [0.1, 0.15) is 0 Å². The molecule has 1 aliphatic carbocycles. The van der Waals surface area contributed by atoms with Crippen LogP contribution in [0.25, 0.3) is 0 Å². The molecule has 2 rings (SSSR count). The zero-order valence-corrected chi connectivity index (χ0v) is 17.3. The van der Waals surface area contributed by atoms with Crippen molar-refractivity contribution in [2.75, 3.05) is 53.4 Å². The Morgan fingerprint density at radius 1 is 1.16 bits per heavy atom. The molecule has 25 heavy (non-hydrogen) atoms. The van der Waals surface area contributed by atoms with Crippen LogP contribution < -0.4 is 10.6 Å². The van der Waals surface area contributed by atoms with Gasteiger partial charge >= 0.3 is 0 Å². The SMILES string of the molecule is CCNC(=NCC1(CC(C)C)CCCC1)NCC1CN(C)CCN1C. The largest absolute Gasteiger partial charge is 0.357 e. The minimum absolute atomic E-state index is 0.443. The Morgan fingerprint density at radius 3 is 2.52 bits per heavy atom. The first-order chi connectivity index (χ1) is 11.9. The normalized spacial score (nSPS) is 25.5. The van der Waals surface area contributed by atoms with Crippen LogP contribution in [0.15, 0.2) is 4.99 Å². The molecule has 1 unspecified atom stereocenters. The van der Waals surface area contributed by atoms with Crippen LogP contribution in [0.3, 0.4) is 0 Å². The van der Waals surface area contributed by atoms with E-state index < -0.39 is 0 Å². The summed E-state index contributed by atoms with van der Waals surface area (Å²) >= 11 is 0. The molecule has 1 saturated carbocycles. The van der Waals surface area contributed by atoms with Gasteiger partial charge in [0.05, 0.1) is 0 Å². The van der Waals surface area contributed by atoms with Crippen molar-refractivity contribution >= 4 is 5.96 Å². The van der Waals surface area contributed by atoms with Crippen LogP contribution in [0.5, 0.6) is 0 Å². The second-order valence-electron chi connectivity index (χ2n) is 8.78. The predicted molar refractivity (Wildman–Crippen MR) is 108 cm³/mol. The molecule has 0 amide bonds. The van der Waals surface area contributed by atoms with Gasteiger partial charge in [0.2, 0.25) is 0 Å². The van der Waals surface area contributed by atoms with E-state index in [0.717, 1.165) is 44.6 Å². The second kappa shape index (κ2) is 9.77. The van der Waals surface area contributed by atoms with Crippen molar-refractivity contribution < 1.29 is 0 Å². The molecule has 1 heterocycles. The Bertz CT molecular complexity index is 414. The molecule has 2 fully saturated rings. The van der Waals surface area contributed by atoms with Gasteiger partial charge in [-0.05, 0) is 51.6 Å².